The van der Waals surface area contributed by atoms with Crippen LogP contribution in [-0.2, 0) is 6.54 Å². The summed E-state index contributed by atoms with van der Waals surface area (Å²) in [6, 6.07) is 6.27. The Bertz CT molecular complexity index is 386. The highest BCUT2D eigenvalue weighted by molar-refractivity contribution is 5.37. The first-order valence-corrected chi connectivity index (χ1v) is 4.86. The number of hydrogen-bond donors (Lipinski definition) is 1. The van der Waals surface area contributed by atoms with Crippen LogP contribution in [0.15, 0.2) is 18.2 Å². The van der Waals surface area contributed by atoms with Gasteiger partial charge in [0.05, 0.1) is 11.6 Å². The SMILES string of the molecule is CC(C)(C)NCc1cc(F)ccc1C#N. The Morgan fingerprint density at radius 1 is 1.40 bits per heavy atom. The van der Waals surface area contributed by atoms with E-state index in [9.17, 15) is 4.39 Å². The van der Waals surface area contributed by atoms with E-state index >= 15 is 0 Å². The van der Waals surface area contributed by atoms with Crippen LogP contribution < -0.4 is 5.32 Å². The van der Waals surface area contributed by atoms with Gasteiger partial charge in [0.1, 0.15) is 5.82 Å². The molecule has 1 aromatic carbocycles. The van der Waals surface area contributed by atoms with Crippen LogP contribution in [0.2, 0.25) is 0 Å². The third kappa shape index (κ3) is 3.69. The van der Waals surface area contributed by atoms with Crippen molar-refractivity contribution in [2.45, 2.75) is 32.9 Å². The summed E-state index contributed by atoms with van der Waals surface area (Å²) in [5, 5.41) is 12.1. The van der Waals surface area contributed by atoms with E-state index in [0.717, 1.165) is 0 Å². The van der Waals surface area contributed by atoms with Gasteiger partial charge < -0.3 is 5.32 Å². The first kappa shape index (κ1) is 11.7. The van der Waals surface area contributed by atoms with Gasteiger partial charge in [-0.3, -0.25) is 0 Å². The summed E-state index contributed by atoms with van der Waals surface area (Å²) in [6.45, 7) is 6.58. The molecule has 0 fully saturated rings. The molecule has 0 aromatic heterocycles. The van der Waals surface area contributed by atoms with E-state index < -0.39 is 0 Å². The molecule has 0 aliphatic heterocycles. The van der Waals surface area contributed by atoms with Gasteiger partial charge in [-0.1, -0.05) is 0 Å². The highest BCUT2D eigenvalue weighted by Crippen LogP contribution is 2.11. The van der Waals surface area contributed by atoms with Crippen molar-refractivity contribution in [1.82, 2.24) is 5.32 Å². The number of rotatable bonds is 2. The lowest BCUT2D eigenvalue weighted by Gasteiger charge is -2.20. The second-order valence-electron chi connectivity index (χ2n) is 4.52. The number of benzene rings is 1. The quantitative estimate of drug-likeness (QED) is 0.807. The molecule has 0 unspecified atom stereocenters. The van der Waals surface area contributed by atoms with Gasteiger partial charge in [0, 0.05) is 12.1 Å². The lowest BCUT2D eigenvalue weighted by Crippen LogP contribution is -2.35. The van der Waals surface area contributed by atoms with Gasteiger partial charge in [-0.15, -0.1) is 0 Å². The molecule has 2 nitrogen and oxygen atoms in total. The van der Waals surface area contributed by atoms with Crippen molar-refractivity contribution < 1.29 is 4.39 Å². The van der Waals surface area contributed by atoms with E-state index in [1.54, 1.807) is 0 Å². The van der Waals surface area contributed by atoms with Crippen molar-refractivity contribution >= 4 is 0 Å². The van der Waals surface area contributed by atoms with Gasteiger partial charge in [-0.25, -0.2) is 4.39 Å². The van der Waals surface area contributed by atoms with Gasteiger partial charge in [-0.05, 0) is 44.5 Å². The summed E-state index contributed by atoms with van der Waals surface area (Å²) >= 11 is 0. The zero-order valence-corrected chi connectivity index (χ0v) is 9.26. The fourth-order valence-corrected chi connectivity index (χ4v) is 1.18. The molecule has 0 aliphatic rings. The summed E-state index contributed by atoms with van der Waals surface area (Å²) in [4.78, 5) is 0. The molecule has 15 heavy (non-hydrogen) atoms. The van der Waals surface area contributed by atoms with Crippen LogP contribution in [0.1, 0.15) is 31.9 Å². The number of nitrogens with one attached hydrogen (secondary N) is 1. The van der Waals surface area contributed by atoms with E-state index in [2.05, 4.69) is 11.4 Å². The topological polar surface area (TPSA) is 35.8 Å². The van der Waals surface area contributed by atoms with Crippen LogP contribution in [0.25, 0.3) is 0 Å². The molecule has 3 heteroatoms. The summed E-state index contributed by atoms with van der Waals surface area (Å²) < 4.78 is 13.0. The van der Waals surface area contributed by atoms with Gasteiger partial charge in [-0.2, -0.15) is 5.26 Å². The standard InChI is InChI=1S/C12H15FN2/c1-12(2,3)15-8-10-6-11(13)5-4-9(10)7-14/h4-6,15H,8H2,1-3H3. The third-order valence-corrected chi connectivity index (χ3v) is 2.00. The van der Waals surface area contributed by atoms with Crippen molar-refractivity contribution in [2.75, 3.05) is 0 Å². The van der Waals surface area contributed by atoms with Gasteiger partial charge in [0.15, 0.2) is 0 Å². The Balaban J connectivity index is 2.85. The average molecular weight is 206 g/mol. The molecule has 1 N–H and O–H groups in total. The van der Waals surface area contributed by atoms with Crippen LogP contribution in [0.4, 0.5) is 4.39 Å². The lowest BCUT2D eigenvalue weighted by atomic mass is 10.1. The minimum Gasteiger partial charge on any atom is -0.308 e. The fraction of sp³-hybridized carbons (Fsp3) is 0.417. The second kappa shape index (κ2) is 4.41. The smallest absolute Gasteiger partial charge is 0.123 e. The highest BCUT2D eigenvalue weighted by Gasteiger charge is 2.10. The molecule has 0 saturated heterocycles. The van der Waals surface area contributed by atoms with Crippen molar-refractivity contribution in [1.29, 1.82) is 5.26 Å². The fourth-order valence-electron chi connectivity index (χ4n) is 1.18. The molecule has 0 heterocycles. The van der Waals surface area contributed by atoms with Gasteiger partial charge >= 0.3 is 0 Å². The van der Waals surface area contributed by atoms with Crippen LogP contribution in [0.5, 0.6) is 0 Å². The Morgan fingerprint density at radius 3 is 2.60 bits per heavy atom. The molecule has 80 valence electrons. The van der Waals surface area contributed by atoms with Gasteiger partial charge in [0.25, 0.3) is 0 Å². The molecule has 0 radical (unpaired) electrons. The zero-order chi connectivity index (χ0) is 11.5. The Morgan fingerprint density at radius 2 is 2.07 bits per heavy atom. The van der Waals surface area contributed by atoms with E-state index in [0.29, 0.717) is 17.7 Å². The Hall–Kier alpha value is -1.40. The number of nitrogens with zero attached hydrogens (tertiary/aromatic N) is 1. The predicted octanol–water partition coefficient (Wildman–Crippen LogP) is 2.59. The maximum atomic E-state index is 13.0. The van der Waals surface area contributed by atoms with Crippen molar-refractivity contribution in [2.24, 2.45) is 0 Å². The maximum absolute atomic E-state index is 13.0. The maximum Gasteiger partial charge on any atom is 0.123 e. The summed E-state index contributed by atoms with van der Waals surface area (Å²) in [5.41, 5.74) is 1.18. The first-order chi connectivity index (χ1) is 6.92. The van der Waals surface area contributed by atoms with Crippen molar-refractivity contribution in [3.05, 3.63) is 35.1 Å². The van der Waals surface area contributed by atoms with Crippen LogP contribution >= 0.6 is 0 Å². The van der Waals surface area contributed by atoms with Crippen molar-refractivity contribution in [3.8, 4) is 6.07 Å². The highest BCUT2D eigenvalue weighted by atomic mass is 19.1. The van der Waals surface area contributed by atoms with E-state index in [4.69, 9.17) is 5.26 Å². The monoisotopic (exact) mass is 206 g/mol. The molecule has 0 saturated carbocycles. The van der Waals surface area contributed by atoms with E-state index in [1.165, 1.54) is 18.2 Å². The number of halogens is 1. The predicted molar refractivity (Wildman–Crippen MR) is 57.7 cm³/mol. The second-order valence-corrected chi connectivity index (χ2v) is 4.52. The molecule has 0 amide bonds. The average Bonchev–Trinajstić information content (AvgIpc) is 2.14. The minimum atomic E-state index is -0.306. The normalized spacial score (nSPS) is 11.1. The minimum absolute atomic E-state index is 0.0426. The summed E-state index contributed by atoms with van der Waals surface area (Å²) in [6.07, 6.45) is 0. The first-order valence-electron chi connectivity index (χ1n) is 4.86. The van der Waals surface area contributed by atoms with Crippen LogP contribution in [0.3, 0.4) is 0 Å². The Labute approximate surface area is 89.7 Å². The molecule has 0 aliphatic carbocycles. The number of nitriles is 1. The van der Waals surface area contributed by atoms with Crippen molar-refractivity contribution in [3.63, 3.8) is 0 Å². The summed E-state index contributed by atoms with van der Waals surface area (Å²) in [7, 11) is 0. The largest absolute Gasteiger partial charge is 0.308 e. The third-order valence-electron chi connectivity index (χ3n) is 2.00. The Kier molecular flexibility index (Phi) is 3.43. The molecule has 1 rings (SSSR count). The van der Waals surface area contributed by atoms with Gasteiger partial charge in [0.2, 0.25) is 0 Å². The van der Waals surface area contributed by atoms with Crippen LogP contribution in [-0.4, -0.2) is 5.54 Å². The summed E-state index contributed by atoms with van der Waals surface area (Å²) in [5.74, 6) is -0.306. The molecular weight excluding hydrogens is 191 g/mol. The van der Waals surface area contributed by atoms with E-state index in [-0.39, 0.29) is 11.4 Å². The molecule has 0 bridgehead atoms. The molecule has 1 aromatic rings. The lowest BCUT2D eigenvalue weighted by molar-refractivity contribution is 0.423. The van der Waals surface area contributed by atoms with E-state index in [1.807, 2.05) is 20.8 Å². The molecule has 0 atom stereocenters. The molecule has 0 spiro atoms. The zero-order valence-electron chi connectivity index (χ0n) is 9.26. The number of hydrogen-bond acceptors (Lipinski definition) is 2. The molecular formula is C12H15FN2. The van der Waals surface area contributed by atoms with Crippen LogP contribution in [0, 0.1) is 17.1 Å².